The maximum atomic E-state index is 12.5. The Kier molecular flexibility index (Phi) is 9.83. The summed E-state index contributed by atoms with van der Waals surface area (Å²) >= 11 is 0. The highest BCUT2D eigenvalue weighted by molar-refractivity contribution is 5.94. The number of benzene rings is 3. The van der Waals surface area contributed by atoms with E-state index in [9.17, 15) is 19.2 Å². The molecule has 41 heavy (non-hydrogen) atoms. The molecular weight excluding hydrogens is 524 g/mol. The van der Waals surface area contributed by atoms with Crippen LogP contribution in [0, 0.1) is 0 Å². The van der Waals surface area contributed by atoms with Crippen molar-refractivity contribution >= 4 is 23.9 Å². The molecule has 0 spiro atoms. The van der Waals surface area contributed by atoms with Crippen molar-refractivity contribution in [2.24, 2.45) is 0 Å². The van der Waals surface area contributed by atoms with Gasteiger partial charge in [0.05, 0.1) is 12.0 Å². The molecule has 8 nitrogen and oxygen atoms in total. The Morgan fingerprint density at radius 3 is 1.80 bits per heavy atom. The lowest BCUT2D eigenvalue weighted by Gasteiger charge is -2.21. The topological polar surface area (TPSA) is 105 Å². The molecule has 0 radical (unpaired) electrons. The molecule has 1 aliphatic carbocycles. The van der Waals surface area contributed by atoms with Gasteiger partial charge in [-0.05, 0) is 85.3 Å². The summed E-state index contributed by atoms with van der Waals surface area (Å²) in [5.41, 5.74) is 2.05. The molecule has 3 aromatic rings. The first-order valence-corrected chi connectivity index (χ1v) is 13.3. The van der Waals surface area contributed by atoms with Gasteiger partial charge in [0.25, 0.3) is 0 Å². The standard InChI is InChI=1S/C33H30O8/c1-3-30(34)38-27-17-19-29(20-18-27)41-33(37)25-11-9-23(10-12-25)24-13-15-28(16-14-24)40-32(36)22(2)21-31(35)39-26-7-5-4-6-8-26/h3,9-20,26H,1-2,4-8,21H2. The van der Waals surface area contributed by atoms with E-state index in [-0.39, 0.29) is 18.1 Å². The first-order chi connectivity index (χ1) is 19.8. The number of rotatable bonds is 10. The lowest BCUT2D eigenvalue weighted by atomic mass is 9.98. The molecule has 0 bridgehead atoms. The summed E-state index contributed by atoms with van der Waals surface area (Å²) in [6.45, 7) is 7.02. The summed E-state index contributed by atoms with van der Waals surface area (Å²) in [6.07, 6.45) is 5.71. The van der Waals surface area contributed by atoms with Crippen LogP contribution in [0.4, 0.5) is 0 Å². The van der Waals surface area contributed by atoms with Gasteiger partial charge in [0, 0.05) is 11.6 Å². The highest BCUT2D eigenvalue weighted by Crippen LogP contribution is 2.25. The lowest BCUT2D eigenvalue weighted by Crippen LogP contribution is -2.22. The summed E-state index contributed by atoms with van der Waals surface area (Å²) in [5.74, 6) is -1.37. The van der Waals surface area contributed by atoms with Gasteiger partial charge in [-0.15, -0.1) is 0 Å². The number of carbonyl (C=O) groups excluding carboxylic acids is 4. The monoisotopic (exact) mass is 554 g/mol. The van der Waals surface area contributed by atoms with E-state index < -0.39 is 23.9 Å². The first-order valence-electron chi connectivity index (χ1n) is 13.3. The van der Waals surface area contributed by atoms with E-state index in [0.717, 1.165) is 49.3 Å². The molecule has 0 saturated heterocycles. The van der Waals surface area contributed by atoms with E-state index in [4.69, 9.17) is 18.9 Å². The highest BCUT2D eigenvalue weighted by Gasteiger charge is 2.21. The molecule has 1 saturated carbocycles. The molecule has 4 rings (SSSR count). The SMILES string of the molecule is C=CC(=O)Oc1ccc(OC(=O)c2ccc(-c3ccc(OC(=O)C(=C)CC(=O)OC4CCCCC4)cc3)cc2)cc1. The highest BCUT2D eigenvalue weighted by atomic mass is 16.6. The maximum absolute atomic E-state index is 12.5. The second-order valence-corrected chi connectivity index (χ2v) is 9.51. The Labute approximate surface area is 238 Å². The largest absolute Gasteiger partial charge is 0.462 e. The van der Waals surface area contributed by atoms with E-state index in [1.54, 1.807) is 48.5 Å². The van der Waals surface area contributed by atoms with Gasteiger partial charge in [0.15, 0.2) is 0 Å². The van der Waals surface area contributed by atoms with Crippen LogP contribution in [0.15, 0.2) is 97.6 Å². The molecule has 0 N–H and O–H groups in total. The predicted octanol–water partition coefficient (Wildman–Crippen LogP) is 6.39. The summed E-state index contributed by atoms with van der Waals surface area (Å²) in [7, 11) is 0. The number of esters is 4. The Bertz CT molecular complexity index is 1410. The second kappa shape index (κ2) is 13.9. The summed E-state index contributed by atoms with van der Waals surface area (Å²) < 4.78 is 21.2. The van der Waals surface area contributed by atoms with Crippen LogP contribution in [-0.2, 0) is 19.1 Å². The van der Waals surface area contributed by atoms with Crippen LogP contribution in [0.5, 0.6) is 17.2 Å². The smallest absolute Gasteiger partial charge is 0.343 e. The van der Waals surface area contributed by atoms with Gasteiger partial charge in [-0.2, -0.15) is 0 Å². The third kappa shape index (κ3) is 8.50. The van der Waals surface area contributed by atoms with Gasteiger partial charge in [-0.25, -0.2) is 14.4 Å². The fraction of sp³-hybridized carbons (Fsp3) is 0.212. The van der Waals surface area contributed by atoms with Gasteiger partial charge >= 0.3 is 23.9 Å². The van der Waals surface area contributed by atoms with Gasteiger partial charge in [-0.1, -0.05) is 43.8 Å². The minimum atomic E-state index is -0.686. The zero-order valence-electron chi connectivity index (χ0n) is 22.5. The Morgan fingerprint density at radius 1 is 0.707 bits per heavy atom. The second-order valence-electron chi connectivity index (χ2n) is 9.51. The molecule has 0 amide bonds. The lowest BCUT2D eigenvalue weighted by molar-refractivity contribution is -0.150. The van der Waals surface area contributed by atoms with Crippen LogP contribution < -0.4 is 14.2 Å². The molecule has 0 unspecified atom stereocenters. The molecule has 1 fully saturated rings. The zero-order chi connectivity index (χ0) is 29.2. The number of hydrogen-bond acceptors (Lipinski definition) is 8. The minimum Gasteiger partial charge on any atom is -0.462 e. The van der Waals surface area contributed by atoms with Crippen LogP contribution in [0.3, 0.4) is 0 Å². The molecule has 1 aliphatic rings. The summed E-state index contributed by atoms with van der Waals surface area (Å²) in [5, 5.41) is 0. The van der Waals surface area contributed by atoms with Crippen molar-refractivity contribution in [3.63, 3.8) is 0 Å². The molecule has 210 valence electrons. The number of carbonyl (C=O) groups is 4. The molecular formula is C33H30O8. The van der Waals surface area contributed by atoms with Crippen molar-refractivity contribution in [2.45, 2.75) is 44.6 Å². The number of hydrogen-bond donors (Lipinski definition) is 0. The van der Waals surface area contributed by atoms with Crippen LogP contribution in [0.1, 0.15) is 48.9 Å². The predicted molar refractivity (Wildman–Crippen MR) is 151 cm³/mol. The van der Waals surface area contributed by atoms with Crippen LogP contribution in [0.2, 0.25) is 0 Å². The van der Waals surface area contributed by atoms with Crippen molar-refractivity contribution in [2.75, 3.05) is 0 Å². The minimum absolute atomic E-state index is 0.0319. The van der Waals surface area contributed by atoms with Crippen LogP contribution in [-0.4, -0.2) is 30.0 Å². The van der Waals surface area contributed by atoms with E-state index >= 15 is 0 Å². The van der Waals surface area contributed by atoms with Crippen molar-refractivity contribution in [3.8, 4) is 28.4 Å². The summed E-state index contributed by atoms with van der Waals surface area (Å²) in [4.78, 5) is 48.4. The molecule has 0 aliphatic heterocycles. The van der Waals surface area contributed by atoms with E-state index in [0.29, 0.717) is 22.8 Å². The third-order valence-corrected chi connectivity index (χ3v) is 6.43. The van der Waals surface area contributed by atoms with E-state index in [1.807, 2.05) is 0 Å². The Morgan fingerprint density at radius 2 is 1.22 bits per heavy atom. The average Bonchev–Trinajstić information content (AvgIpc) is 2.99. The molecule has 3 aromatic carbocycles. The van der Waals surface area contributed by atoms with Crippen molar-refractivity contribution in [3.05, 3.63) is 103 Å². The fourth-order valence-corrected chi connectivity index (χ4v) is 4.25. The fourth-order valence-electron chi connectivity index (χ4n) is 4.25. The van der Waals surface area contributed by atoms with Crippen molar-refractivity contribution in [1.29, 1.82) is 0 Å². The van der Waals surface area contributed by atoms with Crippen molar-refractivity contribution < 1.29 is 38.1 Å². The molecule has 0 heterocycles. The van der Waals surface area contributed by atoms with Gasteiger partial charge in [0.1, 0.15) is 23.4 Å². The van der Waals surface area contributed by atoms with Gasteiger partial charge in [-0.3, -0.25) is 4.79 Å². The molecule has 8 heteroatoms. The quantitative estimate of drug-likeness (QED) is 0.161. The van der Waals surface area contributed by atoms with Crippen molar-refractivity contribution in [1.82, 2.24) is 0 Å². The average molecular weight is 555 g/mol. The number of ether oxygens (including phenoxy) is 4. The Hall–Kier alpha value is -4.98. The molecule has 0 atom stereocenters. The molecule has 0 aromatic heterocycles. The van der Waals surface area contributed by atoms with E-state index in [2.05, 4.69) is 13.2 Å². The van der Waals surface area contributed by atoms with Crippen LogP contribution in [0.25, 0.3) is 11.1 Å². The zero-order valence-corrected chi connectivity index (χ0v) is 22.5. The normalized spacial score (nSPS) is 13.0. The third-order valence-electron chi connectivity index (χ3n) is 6.43. The van der Waals surface area contributed by atoms with Gasteiger partial charge in [0.2, 0.25) is 0 Å². The maximum Gasteiger partial charge on any atom is 0.343 e. The first kappa shape index (κ1) is 29.0. The summed E-state index contributed by atoms with van der Waals surface area (Å²) in [6, 6.07) is 19.7. The van der Waals surface area contributed by atoms with E-state index in [1.165, 1.54) is 24.3 Å². The van der Waals surface area contributed by atoms with Gasteiger partial charge < -0.3 is 18.9 Å². The Balaban J connectivity index is 1.27. The van der Waals surface area contributed by atoms with Crippen LogP contribution >= 0.6 is 0 Å².